The van der Waals surface area contributed by atoms with Crippen LogP contribution in [0.5, 0.6) is 0 Å². The summed E-state index contributed by atoms with van der Waals surface area (Å²) in [7, 11) is 0. The highest BCUT2D eigenvalue weighted by molar-refractivity contribution is 7.09. The molecule has 17 heavy (non-hydrogen) atoms. The number of hydrogen-bond donors (Lipinski definition) is 1. The minimum absolute atomic E-state index is 0.163. The van der Waals surface area contributed by atoms with Crippen molar-refractivity contribution in [3.63, 3.8) is 0 Å². The largest absolute Gasteiger partial charge is 0.381 e. The molecule has 1 unspecified atom stereocenters. The molecule has 3 nitrogen and oxygen atoms in total. The van der Waals surface area contributed by atoms with Gasteiger partial charge in [0.25, 0.3) is 0 Å². The summed E-state index contributed by atoms with van der Waals surface area (Å²) < 4.78 is 5.56. The monoisotopic (exact) mass is 256 g/mol. The van der Waals surface area contributed by atoms with Crippen molar-refractivity contribution in [1.82, 2.24) is 4.98 Å². The molecule has 2 N–H and O–H groups in total. The van der Waals surface area contributed by atoms with Crippen LogP contribution in [0.3, 0.4) is 0 Å². The Labute approximate surface area is 108 Å². The first-order valence-electron chi connectivity index (χ1n) is 6.32. The predicted octanol–water partition coefficient (Wildman–Crippen LogP) is 2.77. The van der Waals surface area contributed by atoms with E-state index in [0.717, 1.165) is 43.2 Å². The van der Waals surface area contributed by atoms with E-state index in [9.17, 15) is 0 Å². The topological polar surface area (TPSA) is 48.1 Å². The van der Waals surface area contributed by atoms with Gasteiger partial charge in [-0.1, -0.05) is 13.8 Å². The number of aromatic nitrogens is 1. The first kappa shape index (κ1) is 14.6. The molecule has 0 amide bonds. The van der Waals surface area contributed by atoms with Gasteiger partial charge in [-0.3, -0.25) is 0 Å². The fraction of sp³-hybridized carbons (Fsp3) is 0.769. The lowest BCUT2D eigenvalue weighted by Gasteiger charge is -2.11. The summed E-state index contributed by atoms with van der Waals surface area (Å²) in [6.07, 6.45) is 2.90. The smallest absolute Gasteiger partial charge is 0.0897 e. The van der Waals surface area contributed by atoms with Gasteiger partial charge in [0.1, 0.15) is 0 Å². The van der Waals surface area contributed by atoms with Gasteiger partial charge in [-0.15, -0.1) is 11.3 Å². The lowest BCUT2D eigenvalue weighted by Crippen LogP contribution is -2.25. The molecule has 0 saturated heterocycles. The molecule has 0 aliphatic carbocycles. The van der Waals surface area contributed by atoms with Gasteiger partial charge in [0, 0.05) is 31.1 Å². The number of hydrogen-bond acceptors (Lipinski definition) is 4. The summed E-state index contributed by atoms with van der Waals surface area (Å²) in [5.74, 6) is 0.710. The molecule has 1 heterocycles. The third-order valence-electron chi connectivity index (χ3n) is 2.61. The molecule has 1 atom stereocenters. The zero-order chi connectivity index (χ0) is 12.7. The lowest BCUT2D eigenvalue weighted by molar-refractivity contribution is 0.117. The van der Waals surface area contributed by atoms with Gasteiger partial charge < -0.3 is 10.5 Å². The van der Waals surface area contributed by atoms with Crippen LogP contribution in [0.25, 0.3) is 0 Å². The van der Waals surface area contributed by atoms with Crippen molar-refractivity contribution < 1.29 is 4.74 Å². The van der Waals surface area contributed by atoms with Crippen LogP contribution in [-0.4, -0.2) is 24.2 Å². The molecule has 98 valence electrons. The Balaban J connectivity index is 2.07. The summed E-state index contributed by atoms with van der Waals surface area (Å²) >= 11 is 1.68. The van der Waals surface area contributed by atoms with Crippen molar-refractivity contribution in [2.75, 3.05) is 13.2 Å². The predicted molar refractivity (Wildman–Crippen MR) is 73.4 cm³/mol. The number of ether oxygens (including phenoxy) is 1. The van der Waals surface area contributed by atoms with E-state index in [-0.39, 0.29) is 6.04 Å². The molecule has 4 heteroatoms. The molecule has 1 rings (SSSR count). The molecule has 0 radical (unpaired) electrons. The highest BCUT2D eigenvalue weighted by atomic mass is 32.1. The molecule has 1 aromatic rings. The summed E-state index contributed by atoms with van der Waals surface area (Å²) in [6.45, 7) is 8.05. The minimum atomic E-state index is 0.163. The number of aryl methyl sites for hydroxylation is 1. The summed E-state index contributed by atoms with van der Waals surface area (Å²) in [4.78, 5) is 4.42. The van der Waals surface area contributed by atoms with Gasteiger partial charge in [-0.05, 0) is 25.7 Å². The zero-order valence-electron chi connectivity index (χ0n) is 11.1. The Bertz CT molecular complexity index is 312. The number of nitrogens with two attached hydrogens (primary N) is 1. The minimum Gasteiger partial charge on any atom is -0.381 e. The van der Waals surface area contributed by atoms with Gasteiger partial charge >= 0.3 is 0 Å². The van der Waals surface area contributed by atoms with E-state index in [1.54, 1.807) is 11.3 Å². The molecular formula is C13H24N2OS. The van der Waals surface area contributed by atoms with E-state index in [2.05, 4.69) is 24.2 Å². The van der Waals surface area contributed by atoms with E-state index in [1.807, 2.05) is 6.92 Å². The first-order valence-corrected chi connectivity index (χ1v) is 7.20. The SMILES string of the molecule is Cc1nc(CC(N)CCOCCC(C)C)cs1. The second kappa shape index (κ2) is 7.80. The van der Waals surface area contributed by atoms with Crippen LogP contribution in [0.4, 0.5) is 0 Å². The van der Waals surface area contributed by atoms with E-state index >= 15 is 0 Å². The maximum atomic E-state index is 6.04. The summed E-state index contributed by atoms with van der Waals surface area (Å²) in [5, 5.41) is 3.20. The van der Waals surface area contributed by atoms with Crippen LogP contribution in [0.15, 0.2) is 5.38 Å². The van der Waals surface area contributed by atoms with Crippen LogP contribution in [-0.2, 0) is 11.2 Å². The quantitative estimate of drug-likeness (QED) is 0.728. The molecule has 0 aliphatic rings. The molecule has 0 saturated carbocycles. The van der Waals surface area contributed by atoms with Crippen molar-refractivity contribution in [3.05, 3.63) is 16.1 Å². The number of thiazole rings is 1. The standard InChI is InChI=1S/C13H24N2OS/c1-10(2)4-6-16-7-5-12(14)8-13-9-17-11(3)15-13/h9-10,12H,4-8,14H2,1-3H3. The third kappa shape index (κ3) is 6.76. The van der Waals surface area contributed by atoms with Gasteiger partial charge in [0.15, 0.2) is 0 Å². The fourth-order valence-electron chi connectivity index (χ4n) is 1.53. The van der Waals surface area contributed by atoms with Crippen molar-refractivity contribution in [3.8, 4) is 0 Å². The van der Waals surface area contributed by atoms with Crippen LogP contribution in [0.2, 0.25) is 0 Å². The van der Waals surface area contributed by atoms with Gasteiger partial charge in [0.05, 0.1) is 10.7 Å². The number of nitrogens with zero attached hydrogens (tertiary/aromatic N) is 1. The lowest BCUT2D eigenvalue weighted by atomic mass is 10.1. The Hall–Kier alpha value is -0.450. The molecule has 0 aliphatic heterocycles. The maximum Gasteiger partial charge on any atom is 0.0897 e. The van der Waals surface area contributed by atoms with Crippen LogP contribution in [0, 0.1) is 12.8 Å². The third-order valence-corrected chi connectivity index (χ3v) is 3.43. The fourth-order valence-corrected chi connectivity index (χ4v) is 2.15. The first-order chi connectivity index (χ1) is 8.08. The number of rotatable bonds is 8. The Kier molecular flexibility index (Phi) is 6.70. The van der Waals surface area contributed by atoms with Crippen molar-refractivity contribution >= 4 is 11.3 Å². The Morgan fingerprint density at radius 3 is 2.65 bits per heavy atom. The highest BCUT2D eigenvalue weighted by Crippen LogP contribution is 2.10. The second-order valence-electron chi connectivity index (χ2n) is 4.91. The molecule has 0 spiro atoms. The molecule has 0 fully saturated rings. The van der Waals surface area contributed by atoms with Crippen LogP contribution >= 0.6 is 11.3 Å². The van der Waals surface area contributed by atoms with Crippen LogP contribution in [0.1, 0.15) is 37.4 Å². The van der Waals surface area contributed by atoms with Crippen LogP contribution < -0.4 is 5.73 Å². The van der Waals surface area contributed by atoms with E-state index in [0.29, 0.717) is 5.92 Å². The van der Waals surface area contributed by atoms with Gasteiger partial charge in [0.2, 0.25) is 0 Å². The van der Waals surface area contributed by atoms with Crippen molar-refractivity contribution in [1.29, 1.82) is 0 Å². The normalized spacial score (nSPS) is 13.2. The Morgan fingerprint density at radius 1 is 1.35 bits per heavy atom. The van der Waals surface area contributed by atoms with E-state index in [1.165, 1.54) is 0 Å². The van der Waals surface area contributed by atoms with Crippen molar-refractivity contribution in [2.24, 2.45) is 11.7 Å². The molecule has 0 aromatic carbocycles. The van der Waals surface area contributed by atoms with Gasteiger partial charge in [-0.25, -0.2) is 4.98 Å². The Morgan fingerprint density at radius 2 is 2.06 bits per heavy atom. The molecule has 0 bridgehead atoms. The highest BCUT2D eigenvalue weighted by Gasteiger charge is 2.06. The van der Waals surface area contributed by atoms with E-state index in [4.69, 9.17) is 10.5 Å². The second-order valence-corrected chi connectivity index (χ2v) is 5.97. The van der Waals surface area contributed by atoms with Gasteiger partial charge in [-0.2, -0.15) is 0 Å². The maximum absolute atomic E-state index is 6.04. The molecular weight excluding hydrogens is 232 g/mol. The van der Waals surface area contributed by atoms with E-state index < -0.39 is 0 Å². The zero-order valence-corrected chi connectivity index (χ0v) is 11.9. The molecule has 1 aromatic heterocycles. The summed E-state index contributed by atoms with van der Waals surface area (Å²) in [6, 6.07) is 0.163. The average molecular weight is 256 g/mol. The summed E-state index contributed by atoms with van der Waals surface area (Å²) in [5.41, 5.74) is 7.15. The average Bonchev–Trinajstić information content (AvgIpc) is 2.63. The van der Waals surface area contributed by atoms with Crippen molar-refractivity contribution in [2.45, 2.75) is 46.1 Å².